The van der Waals surface area contributed by atoms with Crippen LogP contribution in [0.2, 0.25) is 0 Å². The average molecular weight is 318 g/mol. The lowest BCUT2D eigenvalue weighted by atomic mass is 10.2. The number of hydrogen-bond acceptors (Lipinski definition) is 7. The molecule has 0 saturated heterocycles. The van der Waals surface area contributed by atoms with Gasteiger partial charge in [-0.2, -0.15) is 4.98 Å². The zero-order valence-corrected chi connectivity index (χ0v) is 12.9. The first kappa shape index (κ1) is 15.3. The van der Waals surface area contributed by atoms with Crippen LogP contribution in [0.5, 0.6) is 11.5 Å². The monoisotopic (exact) mass is 318 g/mol. The molecule has 0 radical (unpaired) electrons. The number of aryl methyl sites for hydroxylation is 1. The first-order valence-corrected chi connectivity index (χ1v) is 7.64. The van der Waals surface area contributed by atoms with Gasteiger partial charge in [0.2, 0.25) is 0 Å². The molecule has 0 atom stereocenters. The SMILES string of the molecule is CCCc1noc(COC(=O)c2ccc3c(c2)OCCCO3)n1. The van der Waals surface area contributed by atoms with Crippen molar-refractivity contribution < 1.29 is 23.5 Å². The van der Waals surface area contributed by atoms with Crippen molar-refractivity contribution in [2.75, 3.05) is 13.2 Å². The number of rotatable bonds is 5. The molecule has 1 aromatic heterocycles. The number of benzene rings is 1. The Kier molecular flexibility index (Phi) is 4.75. The summed E-state index contributed by atoms with van der Waals surface area (Å²) >= 11 is 0. The van der Waals surface area contributed by atoms with Gasteiger partial charge in [0.05, 0.1) is 18.8 Å². The van der Waals surface area contributed by atoms with Gasteiger partial charge in [0.1, 0.15) is 0 Å². The average Bonchev–Trinajstić information content (AvgIpc) is 2.87. The summed E-state index contributed by atoms with van der Waals surface area (Å²) in [5.41, 5.74) is 0.391. The molecule has 0 N–H and O–H groups in total. The van der Waals surface area contributed by atoms with Crippen molar-refractivity contribution >= 4 is 5.97 Å². The van der Waals surface area contributed by atoms with E-state index in [-0.39, 0.29) is 12.5 Å². The van der Waals surface area contributed by atoms with Crippen LogP contribution in [0.3, 0.4) is 0 Å². The molecule has 0 unspecified atom stereocenters. The van der Waals surface area contributed by atoms with E-state index in [0.29, 0.717) is 36.1 Å². The maximum atomic E-state index is 12.1. The fraction of sp³-hybridized carbons (Fsp3) is 0.438. The Balaban J connectivity index is 1.62. The van der Waals surface area contributed by atoms with Gasteiger partial charge in [-0.05, 0) is 24.6 Å². The topological polar surface area (TPSA) is 83.7 Å². The highest BCUT2D eigenvalue weighted by atomic mass is 16.6. The van der Waals surface area contributed by atoms with Crippen molar-refractivity contribution in [3.05, 3.63) is 35.5 Å². The van der Waals surface area contributed by atoms with Crippen LogP contribution in [0.1, 0.15) is 41.8 Å². The molecule has 0 bridgehead atoms. The van der Waals surface area contributed by atoms with E-state index in [1.54, 1.807) is 18.2 Å². The first-order chi connectivity index (χ1) is 11.3. The van der Waals surface area contributed by atoms with Crippen LogP contribution in [-0.4, -0.2) is 29.3 Å². The molecule has 0 saturated carbocycles. The maximum absolute atomic E-state index is 12.1. The summed E-state index contributed by atoms with van der Waals surface area (Å²) in [4.78, 5) is 16.3. The van der Waals surface area contributed by atoms with E-state index in [4.69, 9.17) is 18.7 Å². The van der Waals surface area contributed by atoms with E-state index in [1.165, 1.54) is 0 Å². The van der Waals surface area contributed by atoms with Gasteiger partial charge in [-0.15, -0.1) is 0 Å². The number of fused-ring (bicyclic) bond motifs is 1. The van der Waals surface area contributed by atoms with E-state index in [0.717, 1.165) is 19.3 Å². The number of hydrogen-bond donors (Lipinski definition) is 0. The molecule has 1 aliphatic heterocycles. The second-order valence-electron chi connectivity index (χ2n) is 5.14. The number of nitrogens with zero attached hydrogens (tertiary/aromatic N) is 2. The van der Waals surface area contributed by atoms with Crippen molar-refractivity contribution in [1.29, 1.82) is 0 Å². The summed E-state index contributed by atoms with van der Waals surface area (Å²) in [6.07, 6.45) is 2.47. The number of esters is 1. The summed E-state index contributed by atoms with van der Waals surface area (Å²) in [5.74, 6) is 1.63. The molecule has 0 spiro atoms. The molecule has 0 aliphatic carbocycles. The third-order valence-electron chi connectivity index (χ3n) is 3.29. The summed E-state index contributed by atoms with van der Waals surface area (Å²) in [6.45, 7) is 3.14. The van der Waals surface area contributed by atoms with Crippen LogP contribution in [0.4, 0.5) is 0 Å². The molecular formula is C16H18N2O5. The van der Waals surface area contributed by atoms with Crippen LogP contribution >= 0.6 is 0 Å². The molecule has 23 heavy (non-hydrogen) atoms. The lowest BCUT2D eigenvalue weighted by Crippen LogP contribution is -2.06. The normalized spacial score (nSPS) is 13.4. The van der Waals surface area contributed by atoms with Gasteiger partial charge in [0.15, 0.2) is 23.9 Å². The van der Waals surface area contributed by atoms with E-state index in [2.05, 4.69) is 10.1 Å². The van der Waals surface area contributed by atoms with Gasteiger partial charge < -0.3 is 18.7 Å². The lowest BCUT2D eigenvalue weighted by molar-refractivity contribution is 0.0429. The zero-order valence-electron chi connectivity index (χ0n) is 12.9. The van der Waals surface area contributed by atoms with Gasteiger partial charge in [-0.25, -0.2) is 4.79 Å². The van der Waals surface area contributed by atoms with Gasteiger partial charge in [0.25, 0.3) is 5.89 Å². The summed E-state index contributed by atoms with van der Waals surface area (Å²) < 4.78 is 21.3. The van der Waals surface area contributed by atoms with Gasteiger partial charge >= 0.3 is 5.97 Å². The molecule has 0 fully saturated rings. The van der Waals surface area contributed by atoms with Crippen LogP contribution in [0.25, 0.3) is 0 Å². The highest BCUT2D eigenvalue weighted by Crippen LogP contribution is 2.30. The molecule has 2 aromatic rings. The second kappa shape index (κ2) is 7.13. The van der Waals surface area contributed by atoms with E-state index in [9.17, 15) is 4.79 Å². The van der Waals surface area contributed by atoms with Gasteiger partial charge in [-0.3, -0.25) is 0 Å². The summed E-state index contributed by atoms with van der Waals surface area (Å²) in [6, 6.07) is 4.98. The predicted molar refractivity (Wildman–Crippen MR) is 79.5 cm³/mol. The minimum absolute atomic E-state index is 0.0516. The lowest BCUT2D eigenvalue weighted by Gasteiger charge is -2.08. The molecule has 1 aliphatic rings. The minimum atomic E-state index is -0.476. The van der Waals surface area contributed by atoms with E-state index in [1.807, 2.05) is 6.92 Å². The van der Waals surface area contributed by atoms with Gasteiger partial charge in [0, 0.05) is 12.8 Å². The third kappa shape index (κ3) is 3.80. The Morgan fingerprint density at radius 3 is 2.91 bits per heavy atom. The number of aromatic nitrogens is 2. The fourth-order valence-corrected chi connectivity index (χ4v) is 2.17. The molecular weight excluding hydrogens is 300 g/mol. The van der Waals surface area contributed by atoms with Crippen molar-refractivity contribution in [3.8, 4) is 11.5 Å². The minimum Gasteiger partial charge on any atom is -0.490 e. The van der Waals surface area contributed by atoms with Crippen molar-refractivity contribution in [1.82, 2.24) is 10.1 Å². The Morgan fingerprint density at radius 2 is 2.09 bits per heavy atom. The number of carbonyl (C=O) groups excluding carboxylic acids is 1. The standard InChI is InChI=1S/C16H18N2O5/c1-2-4-14-17-15(23-18-14)10-22-16(19)11-5-6-12-13(9-11)21-8-3-7-20-12/h5-6,9H,2-4,7-8,10H2,1H3. The largest absolute Gasteiger partial charge is 0.490 e. The van der Waals surface area contributed by atoms with Crippen molar-refractivity contribution in [2.24, 2.45) is 0 Å². The van der Waals surface area contributed by atoms with Crippen LogP contribution in [-0.2, 0) is 17.8 Å². The molecule has 2 heterocycles. The number of ether oxygens (including phenoxy) is 3. The summed E-state index contributed by atoms with van der Waals surface area (Å²) in [7, 11) is 0. The summed E-state index contributed by atoms with van der Waals surface area (Å²) in [5, 5.41) is 3.81. The zero-order chi connectivity index (χ0) is 16.1. The third-order valence-corrected chi connectivity index (χ3v) is 3.29. The quantitative estimate of drug-likeness (QED) is 0.783. The Hall–Kier alpha value is -2.57. The molecule has 3 rings (SSSR count). The van der Waals surface area contributed by atoms with Gasteiger partial charge in [-0.1, -0.05) is 12.1 Å². The molecule has 1 aromatic carbocycles. The highest BCUT2D eigenvalue weighted by molar-refractivity contribution is 5.90. The van der Waals surface area contributed by atoms with Crippen LogP contribution in [0.15, 0.2) is 22.7 Å². The molecule has 0 amide bonds. The Bertz CT molecular complexity index is 683. The number of carbonyl (C=O) groups is 1. The first-order valence-electron chi connectivity index (χ1n) is 7.64. The van der Waals surface area contributed by atoms with E-state index < -0.39 is 5.97 Å². The maximum Gasteiger partial charge on any atom is 0.338 e. The Morgan fingerprint density at radius 1 is 1.26 bits per heavy atom. The smallest absolute Gasteiger partial charge is 0.338 e. The molecule has 122 valence electrons. The van der Waals surface area contributed by atoms with E-state index >= 15 is 0 Å². The highest BCUT2D eigenvalue weighted by Gasteiger charge is 2.16. The van der Waals surface area contributed by atoms with Crippen molar-refractivity contribution in [3.63, 3.8) is 0 Å². The van der Waals surface area contributed by atoms with Crippen molar-refractivity contribution in [2.45, 2.75) is 32.8 Å². The van der Waals surface area contributed by atoms with Crippen LogP contribution < -0.4 is 9.47 Å². The predicted octanol–water partition coefficient (Wildman–Crippen LogP) is 2.54. The fourth-order valence-electron chi connectivity index (χ4n) is 2.17. The molecule has 7 heteroatoms. The Labute approximate surface area is 133 Å². The molecule has 7 nitrogen and oxygen atoms in total. The van der Waals surface area contributed by atoms with Crippen LogP contribution in [0, 0.1) is 0 Å². The second-order valence-corrected chi connectivity index (χ2v) is 5.14.